The number of rotatable bonds is 2. The molecule has 2 unspecified atom stereocenters. The van der Waals surface area contributed by atoms with Gasteiger partial charge in [0.2, 0.25) is 0 Å². The highest BCUT2D eigenvalue weighted by atomic mass is 32.1. The van der Waals surface area contributed by atoms with Crippen LogP contribution in [0.3, 0.4) is 0 Å². The molecule has 1 aromatic heterocycles. The van der Waals surface area contributed by atoms with Gasteiger partial charge in [0.1, 0.15) is 0 Å². The Morgan fingerprint density at radius 1 is 1.64 bits per heavy atom. The van der Waals surface area contributed by atoms with Crippen molar-refractivity contribution in [1.29, 1.82) is 0 Å². The van der Waals surface area contributed by atoms with E-state index in [-0.39, 0.29) is 0 Å². The topological polar surface area (TPSA) is 20.2 Å². The van der Waals surface area contributed by atoms with E-state index in [0.717, 1.165) is 24.3 Å². The van der Waals surface area contributed by atoms with Crippen LogP contribution < -0.4 is 0 Å². The van der Waals surface area contributed by atoms with Gasteiger partial charge in [-0.1, -0.05) is 13.3 Å². The van der Waals surface area contributed by atoms with E-state index in [1.165, 1.54) is 17.7 Å². The lowest BCUT2D eigenvalue weighted by Crippen LogP contribution is -2.20. The van der Waals surface area contributed by atoms with Gasteiger partial charge >= 0.3 is 0 Å². The van der Waals surface area contributed by atoms with Gasteiger partial charge in [-0.15, -0.1) is 11.3 Å². The highest BCUT2D eigenvalue weighted by Crippen LogP contribution is 2.44. The largest absolute Gasteiger partial charge is 0.385 e. The second-order valence-corrected chi connectivity index (χ2v) is 5.61. The Hall–Kier alpha value is -0.340. The quantitative estimate of drug-likeness (QED) is 0.792. The van der Waals surface area contributed by atoms with E-state index in [1.807, 2.05) is 0 Å². The van der Waals surface area contributed by atoms with Crippen molar-refractivity contribution in [2.75, 3.05) is 0 Å². The molecule has 1 aliphatic rings. The molecule has 14 heavy (non-hydrogen) atoms. The summed E-state index contributed by atoms with van der Waals surface area (Å²) >= 11 is 1.74. The van der Waals surface area contributed by atoms with Crippen LogP contribution in [0.4, 0.5) is 0 Å². The summed E-state index contributed by atoms with van der Waals surface area (Å²) in [6, 6.07) is 2.14. The molecule has 1 saturated carbocycles. The first-order chi connectivity index (χ1) is 6.64. The molecule has 1 fully saturated rings. The molecule has 0 aromatic carbocycles. The third-order valence-corrected chi connectivity index (χ3v) is 4.30. The van der Waals surface area contributed by atoms with Crippen molar-refractivity contribution in [3.63, 3.8) is 0 Å². The second-order valence-electron chi connectivity index (χ2n) is 4.49. The summed E-state index contributed by atoms with van der Waals surface area (Å²) < 4.78 is 0. The van der Waals surface area contributed by atoms with Crippen LogP contribution >= 0.6 is 11.3 Å². The van der Waals surface area contributed by atoms with Gasteiger partial charge in [0, 0.05) is 4.88 Å². The standard InChI is InChI=1S/C12H18OS/c1-3-10-4-5-12(13,7-10)11-6-9(2)14-8-11/h6,8,10,13H,3-5,7H2,1-2H3. The number of hydrogen-bond donors (Lipinski definition) is 1. The van der Waals surface area contributed by atoms with Gasteiger partial charge in [0.25, 0.3) is 0 Å². The first kappa shape index (κ1) is 10.2. The van der Waals surface area contributed by atoms with Gasteiger partial charge < -0.3 is 5.11 Å². The van der Waals surface area contributed by atoms with Crippen molar-refractivity contribution < 1.29 is 5.11 Å². The SMILES string of the molecule is CCC1CCC(O)(c2csc(C)c2)C1. The summed E-state index contributed by atoms with van der Waals surface area (Å²) in [7, 11) is 0. The lowest BCUT2D eigenvalue weighted by molar-refractivity contribution is 0.0402. The van der Waals surface area contributed by atoms with Gasteiger partial charge in [-0.05, 0) is 49.1 Å². The number of thiophene rings is 1. The molecule has 1 heterocycles. The molecule has 0 radical (unpaired) electrons. The van der Waals surface area contributed by atoms with Crippen LogP contribution in [0, 0.1) is 12.8 Å². The fourth-order valence-corrected chi connectivity index (χ4v) is 3.22. The molecule has 2 atom stereocenters. The summed E-state index contributed by atoms with van der Waals surface area (Å²) in [5, 5.41) is 12.6. The molecular weight excluding hydrogens is 192 g/mol. The van der Waals surface area contributed by atoms with Crippen molar-refractivity contribution in [3.8, 4) is 0 Å². The Morgan fingerprint density at radius 3 is 2.93 bits per heavy atom. The fraction of sp³-hybridized carbons (Fsp3) is 0.667. The monoisotopic (exact) mass is 210 g/mol. The maximum absolute atomic E-state index is 10.5. The third kappa shape index (κ3) is 1.73. The maximum Gasteiger partial charge on any atom is 0.0907 e. The van der Waals surface area contributed by atoms with Crippen LogP contribution in [0.1, 0.15) is 43.0 Å². The average molecular weight is 210 g/mol. The number of aryl methyl sites for hydroxylation is 1. The Labute approximate surface area is 89.8 Å². The van der Waals surface area contributed by atoms with E-state index in [1.54, 1.807) is 11.3 Å². The van der Waals surface area contributed by atoms with Gasteiger partial charge in [0.05, 0.1) is 5.60 Å². The highest BCUT2D eigenvalue weighted by Gasteiger charge is 2.38. The summed E-state index contributed by atoms with van der Waals surface area (Å²) in [6.07, 6.45) is 4.29. The van der Waals surface area contributed by atoms with Gasteiger partial charge in [-0.25, -0.2) is 0 Å². The molecular formula is C12H18OS. The minimum atomic E-state index is -0.508. The predicted octanol–water partition coefficient (Wildman–Crippen LogP) is 3.45. The highest BCUT2D eigenvalue weighted by molar-refractivity contribution is 7.10. The third-order valence-electron chi connectivity index (χ3n) is 3.44. The summed E-state index contributed by atoms with van der Waals surface area (Å²) in [5.74, 6) is 0.722. The molecule has 0 saturated heterocycles. The Balaban J connectivity index is 2.18. The van der Waals surface area contributed by atoms with Crippen LogP contribution in [0.5, 0.6) is 0 Å². The van der Waals surface area contributed by atoms with Crippen LogP contribution in [0.2, 0.25) is 0 Å². The molecule has 2 heteroatoms. The Kier molecular flexibility index (Phi) is 2.67. The van der Waals surface area contributed by atoms with E-state index in [9.17, 15) is 5.11 Å². The molecule has 1 N–H and O–H groups in total. The van der Waals surface area contributed by atoms with E-state index in [0.29, 0.717) is 0 Å². The molecule has 0 spiro atoms. The zero-order valence-electron chi connectivity index (χ0n) is 8.92. The van der Waals surface area contributed by atoms with Crippen molar-refractivity contribution in [2.45, 2.75) is 45.1 Å². The number of aliphatic hydroxyl groups is 1. The second kappa shape index (κ2) is 3.67. The summed E-state index contributed by atoms with van der Waals surface area (Å²) in [5.41, 5.74) is 0.641. The van der Waals surface area contributed by atoms with Crippen molar-refractivity contribution in [1.82, 2.24) is 0 Å². The first-order valence-electron chi connectivity index (χ1n) is 5.42. The van der Waals surface area contributed by atoms with Crippen LogP contribution in [0.25, 0.3) is 0 Å². The number of hydrogen-bond acceptors (Lipinski definition) is 2. The van der Waals surface area contributed by atoms with E-state index in [2.05, 4.69) is 25.3 Å². The van der Waals surface area contributed by atoms with Gasteiger partial charge in [-0.2, -0.15) is 0 Å². The first-order valence-corrected chi connectivity index (χ1v) is 6.30. The summed E-state index contributed by atoms with van der Waals surface area (Å²) in [4.78, 5) is 1.30. The Morgan fingerprint density at radius 2 is 2.43 bits per heavy atom. The lowest BCUT2D eigenvalue weighted by Gasteiger charge is -2.21. The summed E-state index contributed by atoms with van der Waals surface area (Å²) in [6.45, 7) is 4.32. The zero-order valence-corrected chi connectivity index (χ0v) is 9.73. The molecule has 1 aliphatic carbocycles. The molecule has 0 bridgehead atoms. The van der Waals surface area contributed by atoms with Gasteiger partial charge in [-0.3, -0.25) is 0 Å². The maximum atomic E-state index is 10.5. The minimum absolute atomic E-state index is 0.508. The average Bonchev–Trinajstić information content (AvgIpc) is 2.73. The van der Waals surface area contributed by atoms with E-state index >= 15 is 0 Å². The molecule has 1 aromatic rings. The zero-order chi connectivity index (χ0) is 10.2. The molecule has 1 nitrogen and oxygen atoms in total. The molecule has 0 aliphatic heterocycles. The smallest absolute Gasteiger partial charge is 0.0907 e. The Bertz CT molecular complexity index is 318. The normalized spacial score (nSPS) is 32.4. The minimum Gasteiger partial charge on any atom is -0.385 e. The van der Waals surface area contributed by atoms with E-state index in [4.69, 9.17) is 0 Å². The van der Waals surface area contributed by atoms with Crippen molar-refractivity contribution >= 4 is 11.3 Å². The molecule has 2 rings (SSSR count). The van der Waals surface area contributed by atoms with Crippen LogP contribution in [-0.2, 0) is 5.60 Å². The fourth-order valence-electron chi connectivity index (χ4n) is 2.42. The lowest BCUT2D eigenvalue weighted by atomic mass is 9.93. The molecule has 78 valence electrons. The molecule has 0 amide bonds. The van der Waals surface area contributed by atoms with Crippen LogP contribution in [-0.4, -0.2) is 5.11 Å². The predicted molar refractivity (Wildman–Crippen MR) is 60.6 cm³/mol. The van der Waals surface area contributed by atoms with Crippen LogP contribution in [0.15, 0.2) is 11.4 Å². The van der Waals surface area contributed by atoms with Crippen molar-refractivity contribution in [2.24, 2.45) is 5.92 Å². The van der Waals surface area contributed by atoms with Crippen molar-refractivity contribution in [3.05, 3.63) is 21.9 Å². The van der Waals surface area contributed by atoms with E-state index < -0.39 is 5.60 Å². The van der Waals surface area contributed by atoms with Gasteiger partial charge in [0.15, 0.2) is 0 Å².